The Labute approximate surface area is 326 Å². The molecule has 0 bridgehead atoms. The van der Waals surface area contributed by atoms with Gasteiger partial charge in [-0.2, -0.15) is 0 Å². The number of nitrogens with zero attached hydrogens (tertiary/aromatic N) is 2. The molecule has 9 aromatic carbocycles. The maximum absolute atomic E-state index is 5.40. The lowest BCUT2D eigenvalue weighted by molar-refractivity contribution is 0.714. The number of aromatic nitrogens is 2. The second-order valence-electron chi connectivity index (χ2n) is 15.0. The molecule has 0 radical (unpaired) electrons. The van der Waals surface area contributed by atoms with Gasteiger partial charge in [-0.25, -0.2) is 9.97 Å². The number of fused-ring (bicyclic) bond motifs is 7. The predicted molar refractivity (Wildman–Crippen MR) is 234 cm³/mol. The van der Waals surface area contributed by atoms with E-state index in [2.05, 4.69) is 207 Å². The van der Waals surface area contributed by atoms with Gasteiger partial charge in [0.05, 0.1) is 11.4 Å². The van der Waals surface area contributed by atoms with Gasteiger partial charge in [-0.15, -0.1) is 0 Å². The van der Waals surface area contributed by atoms with Gasteiger partial charge in [0, 0.05) is 22.1 Å². The number of benzene rings is 9. The summed E-state index contributed by atoms with van der Waals surface area (Å²) < 4.78 is 0. The van der Waals surface area contributed by atoms with Crippen molar-refractivity contribution in [3.05, 3.63) is 217 Å². The van der Waals surface area contributed by atoms with Gasteiger partial charge in [0.15, 0.2) is 5.82 Å². The van der Waals surface area contributed by atoms with E-state index in [9.17, 15) is 0 Å². The third-order valence-corrected chi connectivity index (χ3v) is 12.0. The van der Waals surface area contributed by atoms with Crippen LogP contribution in [-0.4, -0.2) is 9.97 Å². The molecule has 0 N–H and O–H groups in total. The first-order chi connectivity index (χ1) is 27.6. The molecule has 0 aliphatic heterocycles. The highest BCUT2D eigenvalue weighted by Crippen LogP contribution is 2.55. The Morgan fingerprint density at radius 3 is 1.80 bits per heavy atom. The fourth-order valence-electron chi connectivity index (χ4n) is 9.23. The molecule has 1 heterocycles. The molecule has 262 valence electrons. The SMILES string of the molecule is CC1(c2ccccc2)c2ccccc2-c2c(-c3cc(-c4ccccc4)nc(-c4ccc(-c5c6ccccc6cc6c5ccc5ccccc56)cc4)n3)cccc21. The summed E-state index contributed by atoms with van der Waals surface area (Å²) in [5.41, 5.74) is 13.5. The fourth-order valence-corrected chi connectivity index (χ4v) is 9.23. The number of hydrogen-bond acceptors (Lipinski definition) is 2. The smallest absolute Gasteiger partial charge is 0.160 e. The Balaban J connectivity index is 1.09. The summed E-state index contributed by atoms with van der Waals surface area (Å²) in [5, 5.41) is 7.52. The first kappa shape index (κ1) is 32.3. The van der Waals surface area contributed by atoms with Crippen molar-refractivity contribution in [3.8, 4) is 56.2 Å². The van der Waals surface area contributed by atoms with Gasteiger partial charge in [0.25, 0.3) is 0 Å². The summed E-state index contributed by atoms with van der Waals surface area (Å²) in [5.74, 6) is 0.705. The highest BCUT2D eigenvalue weighted by Gasteiger charge is 2.41. The second-order valence-corrected chi connectivity index (χ2v) is 15.0. The summed E-state index contributed by atoms with van der Waals surface area (Å²) in [6, 6.07) is 72.2. The molecule has 1 unspecified atom stereocenters. The minimum Gasteiger partial charge on any atom is -0.228 e. The molecule has 1 aliphatic carbocycles. The van der Waals surface area contributed by atoms with Crippen molar-refractivity contribution in [1.29, 1.82) is 0 Å². The molecule has 0 saturated carbocycles. The van der Waals surface area contributed by atoms with E-state index in [1.54, 1.807) is 0 Å². The van der Waals surface area contributed by atoms with E-state index >= 15 is 0 Å². The molecule has 0 amide bonds. The zero-order chi connectivity index (χ0) is 37.2. The minimum absolute atomic E-state index is 0.296. The standard InChI is InChI=1S/C54H36N2/c1-54(40-19-6-3-7-20-40)47-25-13-12-23-44(47)52-45(24-14-26-48(52)54)50-34-49(36-16-4-2-5-17-36)55-53(56-50)38-29-27-37(28-30-38)51-42-22-11-9-18-39(42)33-46-41-21-10-8-15-35(41)31-32-43(46)51/h2-34H,1H3. The molecule has 1 aromatic heterocycles. The van der Waals surface area contributed by atoms with Crippen LogP contribution in [0.2, 0.25) is 0 Å². The summed E-state index contributed by atoms with van der Waals surface area (Å²) in [7, 11) is 0. The molecule has 0 saturated heterocycles. The third kappa shape index (κ3) is 4.96. The first-order valence-corrected chi connectivity index (χ1v) is 19.3. The maximum atomic E-state index is 5.40. The van der Waals surface area contributed by atoms with E-state index in [1.165, 1.54) is 71.3 Å². The van der Waals surface area contributed by atoms with Gasteiger partial charge in [0.1, 0.15) is 0 Å². The minimum atomic E-state index is -0.296. The van der Waals surface area contributed by atoms with Crippen LogP contribution in [-0.2, 0) is 5.41 Å². The van der Waals surface area contributed by atoms with Crippen molar-refractivity contribution in [3.63, 3.8) is 0 Å². The van der Waals surface area contributed by atoms with Crippen molar-refractivity contribution in [2.24, 2.45) is 0 Å². The predicted octanol–water partition coefficient (Wildman–Crippen LogP) is 13.9. The lowest BCUT2D eigenvalue weighted by Gasteiger charge is -2.28. The molecular weight excluding hydrogens is 677 g/mol. The zero-order valence-electron chi connectivity index (χ0n) is 30.9. The third-order valence-electron chi connectivity index (χ3n) is 12.0. The average Bonchev–Trinajstić information content (AvgIpc) is 3.54. The molecule has 2 nitrogen and oxygen atoms in total. The van der Waals surface area contributed by atoms with Crippen LogP contribution in [0, 0.1) is 0 Å². The van der Waals surface area contributed by atoms with Gasteiger partial charge >= 0.3 is 0 Å². The van der Waals surface area contributed by atoms with Crippen LogP contribution in [0.3, 0.4) is 0 Å². The van der Waals surface area contributed by atoms with E-state index in [1.807, 2.05) is 0 Å². The Bertz CT molecular complexity index is 3130. The van der Waals surface area contributed by atoms with Crippen LogP contribution in [0.4, 0.5) is 0 Å². The van der Waals surface area contributed by atoms with Crippen LogP contribution >= 0.6 is 0 Å². The average molecular weight is 713 g/mol. The van der Waals surface area contributed by atoms with Crippen LogP contribution < -0.4 is 0 Å². The van der Waals surface area contributed by atoms with Gasteiger partial charge in [-0.3, -0.25) is 0 Å². The van der Waals surface area contributed by atoms with E-state index in [4.69, 9.17) is 9.97 Å². The Kier molecular flexibility index (Phi) is 7.33. The van der Waals surface area contributed by atoms with Crippen LogP contribution in [0.1, 0.15) is 23.6 Å². The van der Waals surface area contributed by atoms with E-state index in [-0.39, 0.29) is 5.41 Å². The lowest BCUT2D eigenvalue weighted by Crippen LogP contribution is -2.22. The van der Waals surface area contributed by atoms with Crippen LogP contribution in [0.25, 0.3) is 88.5 Å². The molecule has 0 spiro atoms. The van der Waals surface area contributed by atoms with Gasteiger partial charge in [-0.1, -0.05) is 188 Å². The highest BCUT2D eigenvalue weighted by atomic mass is 14.9. The van der Waals surface area contributed by atoms with Crippen molar-refractivity contribution in [2.45, 2.75) is 12.3 Å². The van der Waals surface area contributed by atoms with E-state index in [0.29, 0.717) is 5.82 Å². The van der Waals surface area contributed by atoms with Crippen molar-refractivity contribution < 1.29 is 0 Å². The zero-order valence-corrected chi connectivity index (χ0v) is 30.9. The van der Waals surface area contributed by atoms with Crippen molar-refractivity contribution in [2.75, 3.05) is 0 Å². The maximum Gasteiger partial charge on any atom is 0.160 e. The number of hydrogen-bond donors (Lipinski definition) is 0. The van der Waals surface area contributed by atoms with Crippen molar-refractivity contribution >= 4 is 32.3 Å². The van der Waals surface area contributed by atoms with E-state index in [0.717, 1.165) is 28.1 Å². The molecule has 1 aliphatic rings. The summed E-state index contributed by atoms with van der Waals surface area (Å²) in [6.45, 7) is 2.36. The molecular formula is C54H36N2. The van der Waals surface area contributed by atoms with E-state index < -0.39 is 0 Å². The molecule has 1 atom stereocenters. The Morgan fingerprint density at radius 2 is 0.982 bits per heavy atom. The van der Waals surface area contributed by atoms with Gasteiger partial charge < -0.3 is 0 Å². The van der Waals surface area contributed by atoms with Gasteiger partial charge in [0.2, 0.25) is 0 Å². The summed E-state index contributed by atoms with van der Waals surface area (Å²) in [4.78, 5) is 10.6. The van der Waals surface area contributed by atoms with Crippen molar-refractivity contribution in [1.82, 2.24) is 9.97 Å². The Morgan fingerprint density at radius 1 is 0.357 bits per heavy atom. The first-order valence-electron chi connectivity index (χ1n) is 19.3. The molecule has 2 heteroatoms. The summed E-state index contributed by atoms with van der Waals surface area (Å²) in [6.07, 6.45) is 0. The molecule has 0 fully saturated rings. The van der Waals surface area contributed by atoms with Crippen LogP contribution in [0.15, 0.2) is 200 Å². The largest absolute Gasteiger partial charge is 0.228 e. The lowest BCUT2D eigenvalue weighted by atomic mass is 9.74. The number of rotatable bonds is 5. The monoisotopic (exact) mass is 712 g/mol. The fraction of sp³-hybridized carbons (Fsp3) is 0.0370. The second kappa shape index (κ2) is 12.7. The Hall–Kier alpha value is -7.16. The molecule has 56 heavy (non-hydrogen) atoms. The highest BCUT2D eigenvalue weighted by molar-refractivity contribution is 6.20. The van der Waals surface area contributed by atoms with Crippen LogP contribution in [0.5, 0.6) is 0 Å². The molecule has 11 rings (SSSR count). The topological polar surface area (TPSA) is 25.8 Å². The normalized spacial score (nSPS) is 14.6. The summed E-state index contributed by atoms with van der Waals surface area (Å²) >= 11 is 0. The molecule has 10 aromatic rings. The van der Waals surface area contributed by atoms with Gasteiger partial charge in [-0.05, 0) is 90.3 Å². The quantitative estimate of drug-likeness (QED) is 0.131.